The van der Waals surface area contributed by atoms with Crippen LogP contribution in [0.15, 0.2) is 59.4 Å². The van der Waals surface area contributed by atoms with Gasteiger partial charge in [0.2, 0.25) is 5.88 Å². The summed E-state index contributed by atoms with van der Waals surface area (Å²) in [5, 5.41) is 7.14. The van der Waals surface area contributed by atoms with Crippen LogP contribution >= 0.6 is 0 Å². The van der Waals surface area contributed by atoms with Gasteiger partial charge in [0.25, 0.3) is 11.6 Å². The van der Waals surface area contributed by atoms with E-state index >= 15 is 0 Å². The molecule has 1 amide bonds. The molecule has 4 rings (SSSR count). The normalized spacial score (nSPS) is 10.8. The van der Waals surface area contributed by atoms with Crippen LogP contribution < -0.4 is 10.1 Å². The zero-order valence-electron chi connectivity index (χ0n) is 15.6. The molecular weight excluding hydrogens is 375 g/mol. The Bertz CT molecular complexity index is 1180. The molecule has 2 heterocycles. The molecule has 2 aromatic heterocycles. The van der Waals surface area contributed by atoms with Crippen LogP contribution in [0.1, 0.15) is 11.1 Å². The highest BCUT2D eigenvalue weighted by molar-refractivity contribution is 5.93. The van der Waals surface area contributed by atoms with Gasteiger partial charge in [0.15, 0.2) is 6.61 Å². The fourth-order valence-corrected chi connectivity index (χ4v) is 2.89. The molecule has 0 radical (unpaired) electrons. The summed E-state index contributed by atoms with van der Waals surface area (Å²) in [5.41, 5.74) is 3.14. The summed E-state index contributed by atoms with van der Waals surface area (Å²) in [6, 6.07) is 13.7. The molecule has 8 heteroatoms. The van der Waals surface area contributed by atoms with Gasteiger partial charge >= 0.3 is 0 Å². The molecule has 0 fully saturated rings. The van der Waals surface area contributed by atoms with E-state index < -0.39 is 5.82 Å². The number of nitrogens with one attached hydrogen (secondary N) is 1. The first-order valence-electron chi connectivity index (χ1n) is 8.92. The van der Waals surface area contributed by atoms with Gasteiger partial charge in [0, 0.05) is 12.1 Å². The number of carbonyl (C=O) groups is 1. The van der Waals surface area contributed by atoms with E-state index in [2.05, 4.69) is 20.4 Å². The van der Waals surface area contributed by atoms with Crippen molar-refractivity contribution in [2.75, 3.05) is 6.61 Å². The number of ether oxygens (including phenoxy) is 1. The maximum atomic E-state index is 13.6. The maximum Gasteiger partial charge on any atom is 0.265 e. The Morgan fingerprint density at radius 2 is 2.03 bits per heavy atom. The minimum absolute atomic E-state index is 0.140. The van der Waals surface area contributed by atoms with Gasteiger partial charge in [-0.3, -0.25) is 4.79 Å². The number of hydrogen-bond donors (Lipinski definition) is 1. The van der Waals surface area contributed by atoms with Crippen LogP contribution in [-0.2, 0) is 11.3 Å². The first-order valence-corrected chi connectivity index (χ1v) is 8.92. The highest BCUT2D eigenvalue weighted by Crippen LogP contribution is 2.32. The molecule has 0 aliphatic rings. The first kappa shape index (κ1) is 18.5. The zero-order valence-corrected chi connectivity index (χ0v) is 15.6. The van der Waals surface area contributed by atoms with Gasteiger partial charge < -0.3 is 14.6 Å². The first-order chi connectivity index (χ1) is 14.1. The molecule has 0 aliphatic carbocycles. The van der Waals surface area contributed by atoms with Crippen molar-refractivity contribution in [1.29, 1.82) is 0 Å². The van der Waals surface area contributed by atoms with Crippen molar-refractivity contribution >= 4 is 17.0 Å². The predicted molar refractivity (Wildman–Crippen MR) is 104 cm³/mol. The van der Waals surface area contributed by atoms with Crippen molar-refractivity contribution < 1.29 is 18.4 Å². The second-order valence-corrected chi connectivity index (χ2v) is 6.39. The fraction of sp³-hybridized carbons (Fsp3) is 0.143. The number of carbonyl (C=O) groups excluding carboxylic acids is 1. The van der Waals surface area contributed by atoms with Crippen molar-refractivity contribution in [2.45, 2.75) is 13.5 Å². The minimum atomic E-state index is -0.409. The zero-order chi connectivity index (χ0) is 20.2. The van der Waals surface area contributed by atoms with Crippen LogP contribution in [0.3, 0.4) is 0 Å². The molecule has 0 aliphatic heterocycles. The molecule has 0 bridgehead atoms. The lowest BCUT2D eigenvalue weighted by atomic mass is 10.1. The van der Waals surface area contributed by atoms with Gasteiger partial charge in [-0.2, -0.15) is 4.98 Å². The van der Waals surface area contributed by atoms with E-state index in [1.807, 2.05) is 31.2 Å². The lowest BCUT2D eigenvalue weighted by Crippen LogP contribution is -2.28. The molecular formula is C21H17FN4O3. The van der Waals surface area contributed by atoms with Gasteiger partial charge in [0.1, 0.15) is 23.2 Å². The van der Waals surface area contributed by atoms with E-state index in [-0.39, 0.29) is 24.1 Å². The lowest BCUT2D eigenvalue weighted by Gasteiger charge is -2.09. The van der Waals surface area contributed by atoms with Gasteiger partial charge in [-0.1, -0.05) is 41.6 Å². The van der Waals surface area contributed by atoms with Crippen molar-refractivity contribution in [3.05, 3.63) is 71.8 Å². The molecule has 7 nitrogen and oxygen atoms in total. The fourth-order valence-electron chi connectivity index (χ4n) is 2.89. The highest BCUT2D eigenvalue weighted by Gasteiger charge is 2.19. The van der Waals surface area contributed by atoms with Gasteiger partial charge in [-0.05, 0) is 30.2 Å². The van der Waals surface area contributed by atoms with E-state index in [1.54, 1.807) is 12.1 Å². The average Bonchev–Trinajstić information content (AvgIpc) is 3.16. The van der Waals surface area contributed by atoms with Crippen LogP contribution in [0, 0.1) is 12.7 Å². The van der Waals surface area contributed by atoms with Crippen LogP contribution in [0.4, 0.5) is 4.39 Å². The van der Waals surface area contributed by atoms with Crippen molar-refractivity contribution in [1.82, 2.24) is 20.4 Å². The average molecular weight is 392 g/mol. The van der Waals surface area contributed by atoms with Crippen LogP contribution in [0.25, 0.3) is 22.4 Å². The third kappa shape index (κ3) is 4.06. The molecule has 0 spiro atoms. The number of nitrogens with zero attached hydrogens (tertiary/aromatic N) is 3. The van der Waals surface area contributed by atoms with Crippen molar-refractivity contribution in [3.8, 4) is 17.1 Å². The topological polar surface area (TPSA) is 90.1 Å². The van der Waals surface area contributed by atoms with Crippen molar-refractivity contribution in [3.63, 3.8) is 0 Å². The summed E-state index contributed by atoms with van der Waals surface area (Å²) < 4.78 is 24.4. The number of halogens is 1. The van der Waals surface area contributed by atoms with E-state index in [1.165, 1.54) is 18.5 Å². The van der Waals surface area contributed by atoms with E-state index in [9.17, 15) is 9.18 Å². The maximum absolute atomic E-state index is 13.6. The number of hydrogen-bond acceptors (Lipinski definition) is 6. The second-order valence-electron chi connectivity index (χ2n) is 6.39. The number of fused-ring (bicyclic) bond motifs is 1. The molecule has 0 saturated heterocycles. The van der Waals surface area contributed by atoms with Gasteiger partial charge in [-0.25, -0.2) is 9.37 Å². The molecule has 29 heavy (non-hydrogen) atoms. The largest absolute Gasteiger partial charge is 0.467 e. The Kier molecular flexibility index (Phi) is 5.15. The monoisotopic (exact) mass is 392 g/mol. The molecule has 4 aromatic rings. The predicted octanol–water partition coefficient (Wildman–Crippen LogP) is 3.43. The molecule has 146 valence electrons. The number of rotatable bonds is 6. The summed E-state index contributed by atoms with van der Waals surface area (Å²) in [6.07, 6.45) is 1.25. The molecule has 0 saturated carbocycles. The summed E-state index contributed by atoms with van der Waals surface area (Å²) in [6.45, 7) is 2.14. The van der Waals surface area contributed by atoms with E-state index in [0.29, 0.717) is 23.2 Å². The Balaban J connectivity index is 1.50. The number of aromatic nitrogens is 3. The Hall–Kier alpha value is -3.81. The van der Waals surface area contributed by atoms with Gasteiger partial charge in [-0.15, -0.1) is 0 Å². The number of amides is 1. The summed E-state index contributed by atoms with van der Waals surface area (Å²) in [4.78, 5) is 20.3. The minimum Gasteiger partial charge on any atom is -0.467 e. The standard InChI is InChI=1S/C21H17FN4O3/c1-13-5-2-3-6-15(13)10-23-17(27)11-28-20-18-19(14-7-4-8-16(22)9-14)26-29-21(18)25-12-24-20/h2-9,12H,10-11H2,1H3,(H,23,27). The third-order valence-electron chi connectivity index (χ3n) is 4.41. The van der Waals surface area contributed by atoms with Crippen molar-refractivity contribution in [2.24, 2.45) is 0 Å². The quantitative estimate of drug-likeness (QED) is 0.541. The third-order valence-corrected chi connectivity index (χ3v) is 4.41. The molecule has 0 unspecified atom stereocenters. The van der Waals surface area contributed by atoms with Gasteiger partial charge in [0.05, 0.1) is 0 Å². The SMILES string of the molecule is Cc1ccccc1CNC(=O)COc1ncnc2onc(-c3cccc(F)c3)c12. The van der Waals surface area contributed by atoms with Crippen LogP contribution in [0.2, 0.25) is 0 Å². The van der Waals surface area contributed by atoms with Crippen LogP contribution in [0.5, 0.6) is 5.88 Å². The molecule has 2 aromatic carbocycles. The smallest absolute Gasteiger partial charge is 0.265 e. The summed E-state index contributed by atoms with van der Waals surface area (Å²) in [7, 11) is 0. The Morgan fingerprint density at radius 1 is 1.17 bits per heavy atom. The van der Waals surface area contributed by atoms with E-state index in [4.69, 9.17) is 9.26 Å². The number of benzene rings is 2. The Labute approximate surface area is 165 Å². The highest BCUT2D eigenvalue weighted by atomic mass is 19.1. The summed E-state index contributed by atoms with van der Waals surface area (Å²) in [5.74, 6) is -0.570. The lowest BCUT2D eigenvalue weighted by molar-refractivity contribution is -0.123. The second kappa shape index (κ2) is 8.05. The van der Waals surface area contributed by atoms with Crippen LogP contribution in [-0.4, -0.2) is 27.6 Å². The van der Waals surface area contributed by atoms with E-state index in [0.717, 1.165) is 11.1 Å². The summed E-state index contributed by atoms with van der Waals surface area (Å²) >= 11 is 0. The molecule has 0 atom stereocenters. The Morgan fingerprint density at radius 3 is 2.86 bits per heavy atom. The number of aryl methyl sites for hydroxylation is 1. The molecule has 1 N–H and O–H groups in total.